The molecule has 0 unspecified atom stereocenters. The first kappa shape index (κ1) is 12.5. The molecule has 0 radical (unpaired) electrons. The second kappa shape index (κ2) is 5.19. The van der Waals surface area contributed by atoms with E-state index in [1.807, 2.05) is 0 Å². The van der Waals surface area contributed by atoms with E-state index in [4.69, 9.17) is 5.73 Å². The summed E-state index contributed by atoms with van der Waals surface area (Å²) in [5.74, 6) is 0. The Hall–Kier alpha value is -0.580. The lowest BCUT2D eigenvalue weighted by atomic mass is 10.1. The Morgan fingerprint density at radius 2 is 1.89 bits per heavy atom. The van der Waals surface area contributed by atoms with Gasteiger partial charge in [0.25, 0.3) is 0 Å². The molecule has 3 nitrogen and oxygen atoms in total. The van der Waals surface area contributed by atoms with Crippen LogP contribution in [-0.4, -0.2) is 37.1 Å². The van der Waals surface area contributed by atoms with Crippen molar-refractivity contribution in [2.45, 2.75) is 25.4 Å². The number of nitrogens with two attached hydrogens (primary N) is 1. The molecule has 1 aliphatic carbocycles. The lowest BCUT2D eigenvalue weighted by Crippen LogP contribution is -2.47. The molecule has 3 rings (SSSR count). The molecule has 2 fully saturated rings. The summed E-state index contributed by atoms with van der Waals surface area (Å²) >= 11 is 3.60. The molecule has 0 amide bonds. The van der Waals surface area contributed by atoms with Crippen LogP contribution in [0.1, 0.15) is 18.4 Å². The van der Waals surface area contributed by atoms with Gasteiger partial charge >= 0.3 is 0 Å². The highest BCUT2D eigenvalue weighted by atomic mass is 79.9. The van der Waals surface area contributed by atoms with Gasteiger partial charge < -0.3 is 10.6 Å². The van der Waals surface area contributed by atoms with Crippen molar-refractivity contribution in [3.8, 4) is 0 Å². The zero-order valence-corrected chi connectivity index (χ0v) is 12.2. The SMILES string of the molecule is NCc1c(Br)cccc1N1CCN(C2CC2)CC1. The van der Waals surface area contributed by atoms with Gasteiger partial charge in [-0.05, 0) is 25.0 Å². The van der Waals surface area contributed by atoms with E-state index in [1.54, 1.807) is 0 Å². The molecule has 2 aliphatic rings. The van der Waals surface area contributed by atoms with Gasteiger partial charge in [-0.2, -0.15) is 0 Å². The Kier molecular flexibility index (Phi) is 3.59. The van der Waals surface area contributed by atoms with E-state index < -0.39 is 0 Å². The summed E-state index contributed by atoms with van der Waals surface area (Å²) in [6, 6.07) is 7.26. The highest BCUT2D eigenvalue weighted by molar-refractivity contribution is 9.10. The molecule has 1 aromatic rings. The minimum atomic E-state index is 0.597. The topological polar surface area (TPSA) is 32.5 Å². The first-order valence-corrected chi connectivity index (χ1v) is 7.55. The van der Waals surface area contributed by atoms with Crippen LogP contribution >= 0.6 is 15.9 Å². The summed E-state index contributed by atoms with van der Waals surface area (Å²) in [5.41, 5.74) is 8.42. The molecule has 2 N–H and O–H groups in total. The van der Waals surface area contributed by atoms with Gasteiger partial charge in [0, 0.05) is 54.5 Å². The molecule has 0 atom stereocenters. The standard InChI is InChI=1S/C14H20BrN3/c15-13-2-1-3-14(12(13)10-16)18-8-6-17(7-9-18)11-4-5-11/h1-3,11H,4-10,16H2. The van der Waals surface area contributed by atoms with Crippen molar-refractivity contribution in [1.29, 1.82) is 0 Å². The van der Waals surface area contributed by atoms with Crippen LogP contribution in [-0.2, 0) is 6.54 Å². The van der Waals surface area contributed by atoms with Crippen molar-refractivity contribution in [3.05, 3.63) is 28.2 Å². The zero-order chi connectivity index (χ0) is 12.5. The normalized spacial score (nSPS) is 21.3. The van der Waals surface area contributed by atoms with Crippen LogP contribution in [0.25, 0.3) is 0 Å². The number of piperazine rings is 1. The third-order valence-electron chi connectivity index (χ3n) is 4.02. The third kappa shape index (κ3) is 2.42. The van der Waals surface area contributed by atoms with Crippen molar-refractivity contribution in [2.24, 2.45) is 5.73 Å². The fraction of sp³-hybridized carbons (Fsp3) is 0.571. The van der Waals surface area contributed by atoms with Crippen LogP contribution < -0.4 is 10.6 Å². The quantitative estimate of drug-likeness (QED) is 0.929. The third-order valence-corrected chi connectivity index (χ3v) is 4.76. The molecule has 1 aliphatic heterocycles. The summed E-state index contributed by atoms with van der Waals surface area (Å²) in [7, 11) is 0. The molecule has 98 valence electrons. The maximum atomic E-state index is 5.88. The second-order valence-corrected chi connectivity index (χ2v) is 6.05. The van der Waals surface area contributed by atoms with Gasteiger partial charge in [0.15, 0.2) is 0 Å². The highest BCUT2D eigenvalue weighted by Crippen LogP contribution is 2.31. The van der Waals surface area contributed by atoms with Crippen molar-refractivity contribution in [3.63, 3.8) is 0 Å². The fourth-order valence-corrected chi connectivity index (χ4v) is 3.33. The molecular weight excluding hydrogens is 290 g/mol. The van der Waals surface area contributed by atoms with Crippen LogP contribution in [0.3, 0.4) is 0 Å². The number of hydrogen-bond acceptors (Lipinski definition) is 3. The van der Waals surface area contributed by atoms with E-state index in [0.717, 1.165) is 23.6 Å². The van der Waals surface area contributed by atoms with E-state index in [1.165, 1.54) is 37.2 Å². The molecule has 4 heteroatoms. The Morgan fingerprint density at radius 1 is 1.17 bits per heavy atom. The number of anilines is 1. The fourth-order valence-electron chi connectivity index (χ4n) is 2.81. The van der Waals surface area contributed by atoms with Gasteiger partial charge in [-0.3, -0.25) is 4.90 Å². The maximum Gasteiger partial charge on any atom is 0.0424 e. The predicted molar refractivity (Wildman–Crippen MR) is 78.8 cm³/mol. The van der Waals surface area contributed by atoms with Crippen LogP contribution in [0.15, 0.2) is 22.7 Å². The molecule has 0 spiro atoms. The van der Waals surface area contributed by atoms with Crippen molar-refractivity contribution >= 4 is 21.6 Å². The van der Waals surface area contributed by atoms with Crippen LogP contribution in [0.4, 0.5) is 5.69 Å². The Balaban J connectivity index is 1.73. The molecular formula is C14H20BrN3. The maximum absolute atomic E-state index is 5.88. The minimum Gasteiger partial charge on any atom is -0.369 e. The molecule has 1 heterocycles. The van der Waals surface area contributed by atoms with E-state index in [0.29, 0.717) is 6.54 Å². The van der Waals surface area contributed by atoms with E-state index in [-0.39, 0.29) is 0 Å². The largest absolute Gasteiger partial charge is 0.369 e. The Morgan fingerprint density at radius 3 is 2.50 bits per heavy atom. The Bertz CT molecular complexity index is 423. The van der Waals surface area contributed by atoms with Gasteiger partial charge in [-0.25, -0.2) is 0 Å². The van der Waals surface area contributed by atoms with Gasteiger partial charge in [0.05, 0.1) is 0 Å². The van der Waals surface area contributed by atoms with E-state index in [2.05, 4.69) is 43.9 Å². The number of benzene rings is 1. The lowest BCUT2D eigenvalue weighted by Gasteiger charge is -2.37. The van der Waals surface area contributed by atoms with Crippen LogP contribution in [0, 0.1) is 0 Å². The second-order valence-electron chi connectivity index (χ2n) is 5.20. The highest BCUT2D eigenvalue weighted by Gasteiger charge is 2.31. The summed E-state index contributed by atoms with van der Waals surface area (Å²) in [6.45, 7) is 5.24. The first-order chi connectivity index (χ1) is 8.79. The molecule has 0 bridgehead atoms. The number of rotatable bonds is 3. The van der Waals surface area contributed by atoms with Gasteiger partial charge in [-0.1, -0.05) is 22.0 Å². The van der Waals surface area contributed by atoms with Crippen molar-refractivity contribution in [1.82, 2.24) is 4.90 Å². The minimum absolute atomic E-state index is 0.597. The van der Waals surface area contributed by atoms with Crippen molar-refractivity contribution < 1.29 is 0 Å². The van der Waals surface area contributed by atoms with Crippen molar-refractivity contribution in [2.75, 3.05) is 31.1 Å². The first-order valence-electron chi connectivity index (χ1n) is 6.76. The summed E-state index contributed by atoms with van der Waals surface area (Å²) < 4.78 is 1.13. The number of nitrogens with zero attached hydrogens (tertiary/aromatic N) is 2. The monoisotopic (exact) mass is 309 g/mol. The molecule has 1 saturated heterocycles. The molecule has 1 aromatic carbocycles. The molecule has 0 aromatic heterocycles. The summed E-state index contributed by atoms with van der Waals surface area (Å²) in [4.78, 5) is 5.11. The average Bonchev–Trinajstić information content (AvgIpc) is 3.23. The van der Waals surface area contributed by atoms with Gasteiger partial charge in [0.2, 0.25) is 0 Å². The van der Waals surface area contributed by atoms with Gasteiger partial charge in [-0.15, -0.1) is 0 Å². The number of halogens is 1. The van der Waals surface area contributed by atoms with E-state index in [9.17, 15) is 0 Å². The zero-order valence-electron chi connectivity index (χ0n) is 10.6. The lowest BCUT2D eigenvalue weighted by molar-refractivity contribution is 0.248. The number of hydrogen-bond donors (Lipinski definition) is 1. The summed E-state index contributed by atoms with van der Waals surface area (Å²) in [6.07, 6.45) is 2.82. The summed E-state index contributed by atoms with van der Waals surface area (Å²) in [5, 5.41) is 0. The Labute approximate surface area is 117 Å². The predicted octanol–water partition coefficient (Wildman–Crippen LogP) is 2.19. The smallest absolute Gasteiger partial charge is 0.0424 e. The van der Waals surface area contributed by atoms with Crippen LogP contribution in [0.5, 0.6) is 0 Å². The van der Waals surface area contributed by atoms with E-state index >= 15 is 0 Å². The average molecular weight is 310 g/mol. The van der Waals surface area contributed by atoms with Crippen LogP contribution in [0.2, 0.25) is 0 Å². The molecule has 1 saturated carbocycles. The van der Waals surface area contributed by atoms with Gasteiger partial charge in [0.1, 0.15) is 0 Å². The molecule has 18 heavy (non-hydrogen) atoms.